The van der Waals surface area contributed by atoms with Gasteiger partial charge in [-0.15, -0.1) is 5.10 Å². The zero-order chi connectivity index (χ0) is 14.8. The van der Waals surface area contributed by atoms with Gasteiger partial charge in [0.1, 0.15) is 0 Å². The van der Waals surface area contributed by atoms with E-state index in [-0.39, 0.29) is 11.7 Å². The molecule has 0 aliphatic heterocycles. The van der Waals surface area contributed by atoms with E-state index in [0.29, 0.717) is 12.1 Å². The first-order chi connectivity index (χ1) is 9.43. The van der Waals surface area contributed by atoms with Crippen molar-refractivity contribution in [3.63, 3.8) is 0 Å². The third-order valence-electron chi connectivity index (χ3n) is 2.95. The second kappa shape index (κ2) is 5.62. The van der Waals surface area contributed by atoms with Crippen molar-refractivity contribution < 1.29 is 13.2 Å². The number of rotatable bonds is 4. The molecule has 0 aliphatic rings. The predicted octanol–water partition coefficient (Wildman–Crippen LogP) is 3.09. The third kappa shape index (κ3) is 2.98. The van der Waals surface area contributed by atoms with E-state index >= 15 is 0 Å². The molecule has 0 fully saturated rings. The summed E-state index contributed by atoms with van der Waals surface area (Å²) in [4.78, 5) is 0. The van der Waals surface area contributed by atoms with Gasteiger partial charge in [0.25, 0.3) is 0 Å². The Morgan fingerprint density at radius 3 is 2.65 bits per heavy atom. The smallest absolute Gasteiger partial charge is 0.323 e. The number of alkyl halides is 3. The summed E-state index contributed by atoms with van der Waals surface area (Å²) in [5.74, 6) is 0. The van der Waals surface area contributed by atoms with Crippen LogP contribution in [0.4, 0.5) is 13.2 Å². The lowest BCUT2D eigenvalue weighted by Crippen LogP contribution is -2.11. The Morgan fingerprint density at radius 1 is 1.30 bits per heavy atom. The maximum atomic E-state index is 12.9. The van der Waals surface area contributed by atoms with Gasteiger partial charge in [0, 0.05) is 0 Å². The molecule has 0 aliphatic carbocycles. The van der Waals surface area contributed by atoms with E-state index in [9.17, 15) is 13.2 Å². The molecule has 1 aromatic carbocycles. The van der Waals surface area contributed by atoms with Crippen LogP contribution < -0.4 is 5.73 Å². The minimum absolute atomic E-state index is 0.0533. The fourth-order valence-electron chi connectivity index (χ4n) is 1.94. The van der Waals surface area contributed by atoms with Gasteiger partial charge < -0.3 is 5.73 Å². The molecule has 2 N–H and O–H groups in total. The van der Waals surface area contributed by atoms with Crippen molar-refractivity contribution in [3.05, 3.63) is 41.7 Å². The maximum Gasteiger partial charge on any atom is 0.418 e. The van der Waals surface area contributed by atoms with Gasteiger partial charge in [-0.05, 0) is 18.6 Å². The second-order valence-electron chi connectivity index (χ2n) is 4.50. The molecular formula is C13H15F3N4. The van der Waals surface area contributed by atoms with Crippen molar-refractivity contribution in [2.45, 2.75) is 32.0 Å². The van der Waals surface area contributed by atoms with E-state index in [0.717, 1.165) is 17.2 Å². The summed E-state index contributed by atoms with van der Waals surface area (Å²) in [6.45, 7) is 1.98. The Bertz CT molecular complexity index is 577. The minimum Gasteiger partial charge on any atom is -0.323 e. The van der Waals surface area contributed by atoms with Gasteiger partial charge >= 0.3 is 6.18 Å². The highest BCUT2D eigenvalue weighted by Crippen LogP contribution is 2.33. The van der Waals surface area contributed by atoms with Gasteiger partial charge in [-0.2, -0.15) is 13.2 Å². The number of benzene rings is 1. The van der Waals surface area contributed by atoms with Crippen LogP contribution in [0.2, 0.25) is 0 Å². The maximum absolute atomic E-state index is 12.9. The Morgan fingerprint density at radius 2 is 2.00 bits per heavy atom. The highest BCUT2D eigenvalue weighted by Gasteiger charge is 2.34. The van der Waals surface area contributed by atoms with Gasteiger partial charge in [-0.3, -0.25) is 0 Å². The summed E-state index contributed by atoms with van der Waals surface area (Å²) in [6, 6.07) is 4.92. The average Bonchev–Trinajstić information content (AvgIpc) is 2.87. The Hall–Kier alpha value is -1.89. The Labute approximate surface area is 114 Å². The Balaban J connectivity index is 2.38. The van der Waals surface area contributed by atoms with Crippen LogP contribution in [-0.2, 0) is 6.18 Å². The largest absolute Gasteiger partial charge is 0.418 e. The average molecular weight is 284 g/mol. The van der Waals surface area contributed by atoms with Crippen LogP contribution in [0.5, 0.6) is 0 Å². The zero-order valence-corrected chi connectivity index (χ0v) is 10.9. The molecule has 0 saturated heterocycles. The molecule has 0 radical (unpaired) electrons. The number of para-hydroxylation sites is 1. The van der Waals surface area contributed by atoms with Gasteiger partial charge in [0.05, 0.1) is 29.2 Å². The molecular weight excluding hydrogens is 269 g/mol. The Kier molecular flexibility index (Phi) is 4.08. The van der Waals surface area contributed by atoms with Crippen LogP contribution in [0, 0.1) is 0 Å². The second-order valence-corrected chi connectivity index (χ2v) is 4.50. The molecule has 1 unspecified atom stereocenters. The summed E-state index contributed by atoms with van der Waals surface area (Å²) in [5.41, 5.74) is 5.57. The number of hydrogen-bond acceptors (Lipinski definition) is 3. The number of hydrogen-bond donors (Lipinski definition) is 1. The van der Waals surface area contributed by atoms with Crippen LogP contribution >= 0.6 is 0 Å². The standard InChI is InChI=1S/C13H15F3N4/c1-2-5-10(17)11-8-20(19-18-11)12-7-4-3-6-9(12)13(14,15)16/h3-4,6-8,10H,2,5,17H2,1H3. The van der Waals surface area contributed by atoms with Crippen LogP contribution in [0.3, 0.4) is 0 Å². The summed E-state index contributed by atoms with van der Waals surface area (Å²) in [6.07, 6.45) is -1.41. The lowest BCUT2D eigenvalue weighted by molar-refractivity contribution is -0.137. The van der Waals surface area contributed by atoms with Crippen molar-refractivity contribution in [2.75, 3.05) is 0 Å². The summed E-state index contributed by atoms with van der Waals surface area (Å²) >= 11 is 0. The van der Waals surface area contributed by atoms with Crippen molar-refractivity contribution in [1.29, 1.82) is 0 Å². The first-order valence-corrected chi connectivity index (χ1v) is 6.28. The molecule has 7 heteroatoms. The number of nitrogens with two attached hydrogens (primary N) is 1. The van der Waals surface area contributed by atoms with Gasteiger partial charge in [-0.25, -0.2) is 4.68 Å². The molecule has 0 bridgehead atoms. The fourth-order valence-corrected chi connectivity index (χ4v) is 1.94. The van der Waals surface area contributed by atoms with Crippen LogP contribution in [0.15, 0.2) is 30.5 Å². The van der Waals surface area contributed by atoms with Crippen molar-refractivity contribution >= 4 is 0 Å². The SMILES string of the molecule is CCCC(N)c1cn(-c2ccccc2C(F)(F)F)nn1. The number of halogens is 3. The van der Waals surface area contributed by atoms with Crippen LogP contribution in [0.25, 0.3) is 5.69 Å². The molecule has 0 spiro atoms. The van der Waals surface area contributed by atoms with E-state index < -0.39 is 11.7 Å². The molecule has 0 saturated carbocycles. The third-order valence-corrected chi connectivity index (χ3v) is 2.95. The van der Waals surface area contributed by atoms with Crippen molar-refractivity contribution in [3.8, 4) is 5.69 Å². The molecule has 4 nitrogen and oxygen atoms in total. The normalized spacial score (nSPS) is 13.4. The van der Waals surface area contributed by atoms with Crippen LogP contribution in [-0.4, -0.2) is 15.0 Å². The highest BCUT2D eigenvalue weighted by atomic mass is 19.4. The first kappa shape index (κ1) is 14.5. The predicted molar refractivity (Wildman–Crippen MR) is 68.2 cm³/mol. The fraction of sp³-hybridized carbons (Fsp3) is 0.385. The molecule has 1 heterocycles. The molecule has 108 valence electrons. The van der Waals surface area contributed by atoms with Gasteiger partial charge in [0.2, 0.25) is 0 Å². The molecule has 2 rings (SSSR count). The number of nitrogens with zero attached hydrogens (tertiary/aromatic N) is 3. The van der Waals surface area contributed by atoms with E-state index in [1.807, 2.05) is 6.92 Å². The van der Waals surface area contributed by atoms with E-state index in [1.165, 1.54) is 24.4 Å². The van der Waals surface area contributed by atoms with E-state index in [4.69, 9.17) is 5.73 Å². The van der Waals surface area contributed by atoms with Crippen molar-refractivity contribution in [1.82, 2.24) is 15.0 Å². The molecule has 1 aromatic heterocycles. The summed E-state index contributed by atoms with van der Waals surface area (Å²) in [7, 11) is 0. The summed E-state index contributed by atoms with van der Waals surface area (Å²) in [5, 5.41) is 7.61. The first-order valence-electron chi connectivity index (χ1n) is 6.28. The van der Waals surface area contributed by atoms with Crippen molar-refractivity contribution in [2.24, 2.45) is 5.73 Å². The van der Waals surface area contributed by atoms with Gasteiger partial charge in [0.15, 0.2) is 0 Å². The zero-order valence-electron chi connectivity index (χ0n) is 10.9. The van der Waals surface area contributed by atoms with E-state index in [2.05, 4.69) is 10.3 Å². The quantitative estimate of drug-likeness (QED) is 0.938. The lowest BCUT2D eigenvalue weighted by atomic mass is 10.1. The molecule has 0 amide bonds. The summed E-state index contributed by atoms with van der Waals surface area (Å²) < 4.78 is 39.9. The monoisotopic (exact) mass is 284 g/mol. The number of aromatic nitrogens is 3. The van der Waals surface area contributed by atoms with Crippen LogP contribution in [0.1, 0.15) is 37.1 Å². The molecule has 1 atom stereocenters. The highest BCUT2D eigenvalue weighted by molar-refractivity contribution is 5.42. The van der Waals surface area contributed by atoms with E-state index in [1.54, 1.807) is 0 Å². The lowest BCUT2D eigenvalue weighted by Gasteiger charge is -2.11. The topological polar surface area (TPSA) is 56.7 Å². The van der Waals surface area contributed by atoms with Gasteiger partial charge in [-0.1, -0.05) is 30.7 Å². The molecule has 2 aromatic rings. The minimum atomic E-state index is -4.44. The molecule has 20 heavy (non-hydrogen) atoms.